The van der Waals surface area contributed by atoms with Crippen LogP contribution in [-0.2, 0) is 13.5 Å². The average Bonchev–Trinajstić information content (AvgIpc) is 2.58. The number of aryl methyl sites for hydroxylation is 2. The molecule has 1 aromatic heterocycles. The molecule has 0 aliphatic heterocycles. The van der Waals surface area contributed by atoms with Crippen LogP contribution in [0.15, 0.2) is 6.20 Å². The predicted molar refractivity (Wildman–Crippen MR) is 70.9 cm³/mol. The molecule has 0 fully saturated rings. The molecule has 17 heavy (non-hydrogen) atoms. The van der Waals surface area contributed by atoms with Crippen LogP contribution in [0.1, 0.15) is 36.3 Å². The van der Waals surface area contributed by atoms with Crippen molar-refractivity contribution in [2.24, 2.45) is 12.8 Å². The number of nitrogens with two attached hydrogens (primary N) is 1. The van der Waals surface area contributed by atoms with Gasteiger partial charge in [-0.25, -0.2) is 0 Å². The number of carbonyl (C=O) groups excluding carboxylic acids is 1. The zero-order chi connectivity index (χ0) is 13.0. The molecule has 0 radical (unpaired) electrons. The minimum atomic E-state index is -0.126. The van der Waals surface area contributed by atoms with Crippen molar-refractivity contribution in [3.8, 4) is 0 Å². The lowest BCUT2D eigenvalue weighted by Gasteiger charge is -2.12. The molecule has 5 nitrogen and oxygen atoms in total. The minimum Gasteiger partial charge on any atom is -0.393 e. The van der Waals surface area contributed by atoms with Crippen molar-refractivity contribution in [2.75, 3.05) is 0 Å². The summed E-state index contributed by atoms with van der Waals surface area (Å²) in [6, 6.07) is -0.0649. The Morgan fingerprint density at radius 2 is 2.35 bits per heavy atom. The highest BCUT2D eigenvalue weighted by Crippen LogP contribution is 2.07. The number of hydrogen-bond donors (Lipinski definition) is 2. The molecule has 94 valence electrons. The van der Waals surface area contributed by atoms with E-state index in [1.165, 1.54) is 0 Å². The van der Waals surface area contributed by atoms with E-state index in [4.69, 9.17) is 18.0 Å². The van der Waals surface area contributed by atoms with Gasteiger partial charge >= 0.3 is 0 Å². The lowest BCUT2D eigenvalue weighted by atomic mass is 10.1. The molecule has 1 atom stereocenters. The molecule has 1 amide bonds. The molecule has 3 N–H and O–H groups in total. The van der Waals surface area contributed by atoms with E-state index in [1.807, 2.05) is 13.8 Å². The lowest BCUT2D eigenvalue weighted by Crippen LogP contribution is -2.35. The highest BCUT2D eigenvalue weighted by atomic mass is 32.1. The van der Waals surface area contributed by atoms with Crippen LogP contribution in [-0.4, -0.2) is 26.7 Å². The maximum Gasteiger partial charge on any atom is 0.254 e. The zero-order valence-corrected chi connectivity index (χ0v) is 11.2. The predicted octanol–water partition coefficient (Wildman–Crippen LogP) is 0.777. The van der Waals surface area contributed by atoms with Gasteiger partial charge in [0.25, 0.3) is 5.91 Å². The van der Waals surface area contributed by atoms with Gasteiger partial charge in [-0.3, -0.25) is 9.48 Å². The van der Waals surface area contributed by atoms with Crippen molar-refractivity contribution >= 4 is 23.1 Å². The summed E-state index contributed by atoms with van der Waals surface area (Å²) >= 11 is 4.80. The summed E-state index contributed by atoms with van der Waals surface area (Å²) in [5.74, 6) is -0.126. The topological polar surface area (TPSA) is 72.9 Å². The average molecular weight is 254 g/mol. The summed E-state index contributed by atoms with van der Waals surface area (Å²) in [5, 5.41) is 7.08. The molecule has 6 heteroatoms. The van der Waals surface area contributed by atoms with Crippen molar-refractivity contribution in [3.63, 3.8) is 0 Å². The number of rotatable bonds is 5. The van der Waals surface area contributed by atoms with Gasteiger partial charge in [0.15, 0.2) is 0 Å². The molecular formula is C11H18N4OS. The van der Waals surface area contributed by atoms with Crippen LogP contribution in [0.4, 0.5) is 0 Å². The van der Waals surface area contributed by atoms with Crippen molar-refractivity contribution in [1.82, 2.24) is 15.1 Å². The van der Waals surface area contributed by atoms with E-state index >= 15 is 0 Å². The van der Waals surface area contributed by atoms with E-state index in [0.29, 0.717) is 17.0 Å². The molecule has 1 unspecified atom stereocenters. The molecule has 1 heterocycles. The number of nitrogens with one attached hydrogen (secondary N) is 1. The highest BCUT2D eigenvalue weighted by Gasteiger charge is 2.16. The number of thiocarbonyl (C=S) groups is 1. The fraction of sp³-hybridized carbons (Fsp3) is 0.545. The van der Waals surface area contributed by atoms with Crippen LogP contribution in [0.5, 0.6) is 0 Å². The number of hydrogen-bond acceptors (Lipinski definition) is 3. The molecule has 0 saturated carbocycles. The summed E-state index contributed by atoms with van der Waals surface area (Å²) in [5.41, 5.74) is 6.85. The van der Waals surface area contributed by atoms with Crippen LogP contribution in [0.25, 0.3) is 0 Å². The Kier molecular flexibility index (Phi) is 4.62. The summed E-state index contributed by atoms with van der Waals surface area (Å²) in [4.78, 5) is 12.4. The summed E-state index contributed by atoms with van der Waals surface area (Å²) < 4.78 is 1.64. The maximum atomic E-state index is 12.0. The Morgan fingerprint density at radius 3 is 2.88 bits per heavy atom. The maximum absolute atomic E-state index is 12.0. The van der Waals surface area contributed by atoms with Gasteiger partial charge < -0.3 is 11.1 Å². The first-order valence-electron chi connectivity index (χ1n) is 5.55. The molecule has 1 rings (SSSR count). The second-order valence-corrected chi connectivity index (χ2v) is 4.59. The van der Waals surface area contributed by atoms with Crippen LogP contribution in [0.2, 0.25) is 0 Å². The largest absolute Gasteiger partial charge is 0.393 e. The number of amides is 1. The van der Waals surface area contributed by atoms with Gasteiger partial charge in [0.1, 0.15) is 0 Å². The summed E-state index contributed by atoms with van der Waals surface area (Å²) in [6.45, 7) is 3.84. The molecule has 0 spiro atoms. The van der Waals surface area contributed by atoms with Crippen molar-refractivity contribution in [2.45, 2.75) is 32.7 Å². The minimum absolute atomic E-state index is 0.0649. The fourth-order valence-corrected chi connectivity index (χ4v) is 1.89. The number of nitrogens with zero attached hydrogens (tertiary/aromatic N) is 2. The van der Waals surface area contributed by atoms with Gasteiger partial charge in [0, 0.05) is 25.7 Å². The van der Waals surface area contributed by atoms with Gasteiger partial charge in [-0.05, 0) is 13.3 Å². The quantitative estimate of drug-likeness (QED) is 0.762. The van der Waals surface area contributed by atoms with Crippen molar-refractivity contribution in [1.29, 1.82) is 0 Å². The third-order valence-corrected chi connectivity index (χ3v) is 2.54. The Bertz CT molecular complexity index is 427. The van der Waals surface area contributed by atoms with Crippen molar-refractivity contribution in [3.05, 3.63) is 17.5 Å². The Balaban J connectivity index is 2.72. The van der Waals surface area contributed by atoms with Gasteiger partial charge in [-0.2, -0.15) is 5.10 Å². The number of aromatic nitrogens is 2. The third-order valence-electron chi connectivity index (χ3n) is 2.37. The van der Waals surface area contributed by atoms with Crippen LogP contribution in [0.3, 0.4) is 0 Å². The van der Waals surface area contributed by atoms with Gasteiger partial charge in [0.2, 0.25) is 0 Å². The first kappa shape index (κ1) is 13.6. The molecule has 0 aliphatic rings. The Hall–Kier alpha value is -1.43. The van der Waals surface area contributed by atoms with E-state index < -0.39 is 0 Å². The van der Waals surface area contributed by atoms with Crippen LogP contribution < -0.4 is 11.1 Å². The molecule has 1 aromatic rings. The normalized spacial score (nSPS) is 12.2. The first-order chi connectivity index (χ1) is 7.93. The molecule has 0 aliphatic carbocycles. The fourth-order valence-electron chi connectivity index (χ4n) is 1.64. The van der Waals surface area contributed by atoms with Crippen molar-refractivity contribution < 1.29 is 4.79 Å². The zero-order valence-electron chi connectivity index (χ0n) is 10.4. The summed E-state index contributed by atoms with van der Waals surface area (Å²) in [6.07, 6.45) is 2.96. The molecular weight excluding hydrogens is 236 g/mol. The lowest BCUT2D eigenvalue weighted by molar-refractivity contribution is 0.0940. The Labute approximate surface area is 106 Å². The van der Waals surface area contributed by atoms with Gasteiger partial charge in [0.05, 0.1) is 16.2 Å². The molecule has 0 bridgehead atoms. The second-order valence-electron chi connectivity index (χ2n) is 4.06. The van der Waals surface area contributed by atoms with Crippen LogP contribution >= 0.6 is 12.2 Å². The smallest absolute Gasteiger partial charge is 0.254 e. The second kappa shape index (κ2) is 5.77. The van der Waals surface area contributed by atoms with Gasteiger partial charge in [-0.15, -0.1) is 0 Å². The van der Waals surface area contributed by atoms with E-state index in [2.05, 4.69) is 10.4 Å². The SMILES string of the molecule is CCc1nn(C)cc1C(=O)NC(C)CC(N)=S. The summed E-state index contributed by atoms with van der Waals surface area (Å²) in [7, 11) is 1.80. The van der Waals surface area contributed by atoms with E-state index in [9.17, 15) is 4.79 Å². The van der Waals surface area contributed by atoms with Crippen LogP contribution in [0, 0.1) is 0 Å². The standard InChI is InChI=1S/C11H18N4OS/c1-4-9-8(6-15(3)14-9)11(16)13-7(2)5-10(12)17/h6-7H,4-5H2,1-3H3,(H2,12,17)(H,13,16). The van der Waals surface area contributed by atoms with Gasteiger partial charge in [-0.1, -0.05) is 19.1 Å². The van der Waals surface area contributed by atoms with E-state index in [0.717, 1.165) is 12.1 Å². The third kappa shape index (κ3) is 3.81. The first-order valence-corrected chi connectivity index (χ1v) is 5.96. The number of carbonyl (C=O) groups is 1. The Morgan fingerprint density at radius 1 is 1.71 bits per heavy atom. The monoisotopic (exact) mass is 254 g/mol. The van der Waals surface area contributed by atoms with E-state index in [-0.39, 0.29) is 11.9 Å². The molecule has 0 saturated heterocycles. The van der Waals surface area contributed by atoms with E-state index in [1.54, 1.807) is 17.9 Å². The highest BCUT2D eigenvalue weighted by molar-refractivity contribution is 7.80. The molecule has 0 aromatic carbocycles.